The molecule has 0 N–H and O–H groups in total. The highest BCUT2D eigenvalue weighted by Gasteiger charge is 2.05. The van der Waals surface area contributed by atoms with E-state index in [0.29, 0.717) is 5.75 Å². The second-order valence-corrected chi connectivity index (χ2v) is 2.85. The minimum Gasteiger partial charge on any atom is -0.425 e. The van der Waals surface area contributed by atoms with Gasteiger partial charge in [-0.15, -0.1) is 0 Å². The molecule has 0 aliphatic rings. The highest BCUT2D eigenvalue weighted by molar-refractivity contribution is 5.71. The molecule has 0 aliphatic carbocycles. The SMILES string of the molecule is O=C(Cn1nccn1)Oc1ccccc1. The summed E-state index contributed by atoms with van der Waals surface area (Å²) >= 11 is 0. The first-order valence-electron chi connectivity index (χ1n) is 4.44. The Morgan fingerprint density at radius 1 is 1.20 bits per heavy atom. The fraction of sp³-hybridized carbons (Fsp3) is 0.100. The molecule has 0 bridgehead atoms. The number of carbonyl (C=O) groups excluding carboxylic acids is 1. The molecule has 1 heterocycles. The number of esters is 1. The molecule has 2 aromatic rings. The standard InChI is InChI=1S/C10H9N3O2/c14-10(8-13-11-6-7-12-13)15-9-4-2-1-3-5-9/h1-7H,8H2. The van der Waals surface area contributed by atoms with Crippen LogP contribution >= 0.6 is 0 Å². The summed E-state index contributed by atoms with van der Waals surface area (Å²) < 4.78 is 5.05. The molecule has 5 nitrogen and oxygen atoms in total. The van der Waals surface area contributed by atoms with E-state index in [9.17, 15) is 4.79 Å². The smallest absolute Gasteiger partial charge is 0.335 e. The van der Waals surface area contributed by atoms with Crippen LogP contribution in [0.3, 0.4) is 0 Å². The summed E-state index contributed by atoms with van der Waals surface area (Å²) in [5, 5.41) is 7.61. The monoisotopic (exact) mass is 203 g/mol. The number of nitrogens with zero attached hydrogens (tertiary/aromatic N) is 3. The van der Waals surface area contributed by atoms with Crippen molar-refractivity contribution in [1.29, 1.82) is 0 Å². The van der Waals surface area contributed by atoms with Gasteiger partial charge in [0.25, 0.3) is 0 Å². The highest BCUT2D eigenvalue weighted by atomic mass is 16.5. The lowest BCUT2D eigenvalue weighted by Gasteiger charge is -2.02. The topological polar surface area (TPSA) is 57.0 Å². The lowest BCUT2D eigenvalue weighted by Crippen LogP contribution is -2.17. The van der Waals surface area contributed by atoms with E-state index in [-0.39, 0.29) is 6.54 Å². The first kappa shape index (κ1) is 9.39. The van der Waals surface area contributed by atoms with Crippen LogP contribution in [0.1, 0.15) is 0 Å². The van der Waals surface area contributed by atoms with E-state index < -0.39 is 5.97 Å². The molecular formula is C10H9N3O2. The van der Waals surface area contributed by atoms with Crippen molar-refractivity contribution in [3.05, 3.63) is 42.7 Å². The van der Waals surface area contributed by atoms with Crippen LogP contribution in [-0.2, 0) is 11.3 Å². The molecule has 5 heteroatoms. The Balaban J connectivity index is 1.94. The molecule has 76 valence electrons. The van der Waals surface area contributed by atoms with Crippen molar-refractivity contribution in [2.75, 3.05) is 0 Å². The van der Waals surface area contributed by atoms with Gasteiger partial charge in [-0.25, -0.2) is 4.79 Å². The molecule has 0 fully saturated rings. The van der Waals surface area contributed by atoms with Gasteiger partial charge in [0, 0.05) is 0 Å². The van der Waals surface area contributed by atoms with Gasteiger partial charge in [-0.1, -0.05) is 18.2 Å². The Kier molecular flexibility index (Phi) is 2.73. The summed E-state index contributed by atoms with van der Waals surface area (Å²) in [7, 11) is 0. The molecular weight excluding hydrogens is 194 g/mol. The van der Waals surface area contributed by atoms with Crippen molar-refractivity contribution in [2.45, 2.75) is 6.54 Å². The highest BCUT2D eigenvalue weighted by Crippen LogP contribution is 2.08. The molecule has 0 radical (unpaired) electrons. The zero-order valence-corrected chi connectivity index (χ0v) is 7.91. The van der Waals surface area contributed by atoms with Crippen molar-refractivity contribution in [3.8, 4) is 5.75 Å². The molecule has 0 amide bonds. The molecule has 0 saturated heterocycles. The summed E-state index contributed by atoms with van der Waals surface area (Å²) in [5.74, 6) is 0.132. The zero-order valence-electron chi connectivity index (χ0n) is 7.91. The van der Waals surface area contributed by atoms with Crippen LogP contribution in [0.2, 0.25) is 0 Å². The van der Waals surface area contributed by atoms with Gasteiger partial charge in [0.05, 0.1) is 12.4 Å². The van der Waals surface area contributed by atoms with Crippen LogP contribution in [-0.4, -0.2) is 21.0 Å². The molecule has 1 aromatic carbocycles. The number of ether oxygens (including phenoxy) is 1. The maximum absolute atomic E-state index is 11.4. The first-order valence-corrected chi connectivity index (χ1v) is 4.44. The molecule has 0 aliphatic heterocycles. The van der Waals surface area contributed by atoms with Gasteiger partial charge in [-0.2, -0.15) is 15.0 Å². The number of carbonyl (C=O) groups is 1. The average Bonchev–Trinajstić information content (AvgIpc) is 2.71. The Bertz CT molecular complexity index is 425. The normalized spacial score (nSPS) is 9.87. The van der Waals surface area contributed by atoms with Crippen LogP contribution in [0.25, 0.3) is 0 Å². The third-order valence-electron chi connectivity index (χ3n) is 1.71. The van der Waals surface area contributed by atoms with Crippen molar-refractivity contribution < 1.29 is 9.53 Å². The van der Waals surface area contributed by atoms with Gasteiger partial charge >= 0.3 is 5.97 Å². The van der Waals surface area contributed by atoms with E-state index in [0.717, 1.165) is 0 Å². The van der Waals surface area contributed by atoms with Crippen molar-refractivity contribution in [3.63, 3.8) is 0 Å². The van der Waals surface area contributed by atoms with E-state index in [1.54, 1.807) is 24.3 Å². The molecule has 0 atom stereocenters. The third-order valence-corrected chi connectivity index (χ3v) is 1.71. The van der Waals surface area contributed by atoms with Crippen molar-refractivity contribution >= 4 is 5.97 Å². The van der Waals surface area contributed by atoms with Gasteiger partial charge in [-0.05, 0) is 12.1 Å². The van der Waals surface area contributed by atoms with Crippen LogP contribution in [0.5, 0.6) is 5.75 Å². The maximum Gasteiger partial charge on any atom is 0.335 e. The average molecular weight is 203 g/mol. The quantitative estimate of drug-likeness (QED) is 0.549. The molecule has 1 aromatic heterocycles. The molecule has 2 rings (SSSR count). The lowest BCUT2D eigenvalue weighted by molar-refractivity contribution is -0.135. The van der Waals surface area contributed by atoms with E-state index in [1.807, 2.05) is 6.07 Å². The Morgan fingerprint density at radius 2 is 1.87 bits per heavy atom. The fourth-order valence-electron chi connectivity index (χ4n) is 1.09. The van der Waals surface area contributed by atoms with Crippen LogP contribution in [0.4, 0.5) is 0 Å². The third kappa shape index (κ3) is 2.63. The minimum absolute atomic E-state index is 0.0158. The molecule has 0 unspecified atom stereocenters. The summed E-state index contributed by atoms with van der Waals surface area (Å²) in [5.41, 5.74) is 0. The van der Waals surface area contributed by atoms with Crippen LogP contribution < -0.4 is 4.74 Å². The van der Waals surface area contributed by atoms with E-state index in [2.05, 4.69) is 10.2 Å². The number of rotatable bonds is 3. The number of para-hydroxylation sites is 1. The fourth-order valence-corrected chi connectivity index (χ4v) is 1.09. The zero-order chi connectivity index (χ0) is 10.5. The van der Waals surface area contributed by atoms with E-state index >= 15 is 0 Å². The van der Waals surface area contributed by atoms with Crippen molar-refractivity contribution in [2.24, 2.45) is 0 Å². The Labute approximate surface area is 86.3 Å². The van der Waals surface area contributed by atoms with Gasteiger partial charge in [0.15, 0.2) is 6.54 Å². The minimum atomic E-state index is -0.391. The maximum atomic E-state index is 11.4. The summed E-state index contributed by atoms with van der Waals surface area (Å²) in [6.45, 7) is 0.0158. The summed E-state index contributed by atoms with van der Waals surface area (Å²) in [6, 6.07) is 8.89. The van der Waals surface area contributed by atoms with E-state index in [1.165, 1.54) is 17.2 Å². The van der Waals surface area contributed by atoms with Gasteiger partial charge in [0.2, 0.25) is 0 Å². The predicted octanol–water partition coefficient (Wildman–Crippen LogP) is 0.884. The van der Waals surface area contributed by atoms with Gasteiger partial charge in [0.1, 0.15) is 5.75 Å². The molecule has 0 spiro atoms. The number of hydrogen-bond donors (Lipinski definition) is 0. The number of benzene rings is 1. The second kappa shape index (κ2) is 4.36. The van der Waals surface area contributed by atoms with Gasteiger partial charge < -0.3 is 4.74 Å². The Morgan fingerprint density at radius 3 is 2.53 bits per heavy atom. The largest absolute Gasteiger partial charge is 0.425 e. The summed E-state index contributed by atoms with van der Waals surface area (Å²) in [4.78, 5) is 12.6. The predicted molar refractivity (Wildman–Crippen MR) is 52.1 cm³/mol. The first-order chi connectivity index (χ1) is 7.34. The summed E-state index contributed by atoms with van der Waals surface area (Å²) in [6.07, 6.45) is 3.02. The van der Waals surface area contributed by atoms with Crippen LogP contribution in [0.15, 0.2) is 42.7 Å². The Hall–Kier alpha value is -2.17. The number of aromatic nitrogens is 3. The van der Waals surface area contributed by atoms with E-state index in [4.69, 9.17) is 4.74 Å². The molecule has 0 saturated carbocycles. The van der Waals surface area contributed by atoms with Crippen LogP contribution in [0, 0.1) is 0 Å². The van der Waals surface area contributed by atoms with Crippen molar-refractivity contribution in [1.82, 2.24) is 15.0 Å². The molecule has 15 heavy (non-hydrogen) atoms. The lowest BCUT2D eigenvalue weighted by atomic mass is 10.3. The number of hydrogen-bond acceptors (Lipinski definition) is 4. The van der Waals surface area contributed by atoms with Gasteiger partial charge in [-0.3, -0.25) is 0 Å². The second-order valence-electron chi connectivity index (χ2n) is 2.85.